The minimum Gasteiger partial charge on any atom is -0.245 e. The van der Waals surface area contributed by atoms with E-state index in [0.29, 0.717) is 12.0 Å². The lowest BCUT2D eigenvalue weighted by Crippen LogP contribution is -2.25. The molecule has 0 spiro atoms. The molecule has 1 aromatic heterocycles. The molecule has 1 aromatic rings. The van der Waals surface area contributed by atoms with Gasteiger partial charge in [0, 0.05) is 0 Å². The lowest BCUT2D eigenvalue weighted by Gasteiger charge is -2.23. The van der Waals surface area contributed by atoms with Gasteiger partial charge in [0.1, 0.15) is 0 Å². The fourth-order valence-electron chi connectivity index (χ4n) is 2.55. The first-order chi connectivity index (χ1) is 5.84. The average Bonchev–Trinajstić information content (AvgIpc) is 2.55. The van der Waals surface area contributed by atoms with Crippen LogP contribution in [-0.2, 0) is 0 Å². The summed E-state index contributed by atoms with van der Waals surface area (Å²) < 4.78 is 1.51. The molecule has 3 fully saturated rings. The number of aromatic nitrogens is 4. The summed E-state index contributed by atoms with van der Waals surface area (Å²) in [7, 11) is 0. The smallest absolute Gasteiger partial charge is 0.245 e. The molecule has 5 nitrogen and oxygen atoms in total. The van der Waals surface area contributed by atoms with Crippen molar-refractivity contribution in [3.63, 3.8) is 0 Å². The average molecular weight is 166 g/mol. The molecule has 64 valence electrons. The lowest BCUT2D eigenvalue weighted by molar-refractivity contribution is 0.263. The number of tetrazole rings is 1. The molecule has 0 amide bonds. The van der Waals surface area contributed by atoms with Crippen molar-refractivity contribution >= 4 is 0 Å². The first-order valence-electron chi connectivity index (χ1n) is 4.34. The highest BCUT2D eigenvalue weighted by Crippen LogP contribution is 2.53. The summed E-state index contributed by atoms with van der Waals surface area (Å²) in [5, 5.41) is 9.60. The van der Waals surface area contributed by atoms with Gasteiger partial charge in [0.25, 0.3) is 0 Å². The number of nitrogens with zero attached hydrogens (tertiary/aromatic N) is 3. The fourth-order valence-corrected chi connectivity index (χ4v) is 2.55. The summed E-state index contributed by atoms with van der Waals surface area (Å²) in [4.78, 5) is 11.2. The van der Waals surface area contributed by atoms with Crippen LogP contribution in [0.5, 0.6) is 0 Å². The molecule has 1 atom stereocenters. The molecule has 1 unspecified atom stereocenters. The molecule has 3 saturated carbocycles. The first-order valence-corrected chi connectivity index (χ1v) is 4.34. The van der Waals surface area contributed by atoms with Gasteiger partial charge in [0.15, 0.2) is 0 Å². The number of hydrogen-bond donors (Lipinski definition) is 1. The molecule has 12 heavy (non-hydrogen) atoms. The molecule has 3 aliphatic rings. The molecule has 0 radical (unpaired) electrons. The quantitative estimate of drug-likeness (QED) is 0.635. The summed E-state index contributed by atoms with van der Waals surface area (Å²) in [5.74, 6) is 1.54. The van der Waals surface area contributed by atoms with Gasteiger partial charge in [0.05, 0.1) is 6.04 Å². The lowest BCUT2D eigenvalue weighted by atomic mass is 9.84. The van der Waals surface area contributed by atoms with Crippen molar-refractivity contribution in [2.75, 3.05) is 0 Å². The third-order valence-corrected chi connectivity index (χ3v) is 3.20. The number of nitrogens with one attached hydrogen (secondary N) is 1. The van der Waals surface area contributed by atoms with Gasteiger partial charge in [-0.25, -0.2) is 9.89 Å². The second kappa shape index (κ2) is 1.97. The van der Waals surface area contributed by atoms with E-state index in [4.69, 9.17) is 0 Å². The minimum absolute atomic E-state index is 0.160. The zero-order chi connectivity index (χ0) is 8.13. The Bertz CT molecular complexity index is 348. The standard InChI is InChI=1S/C7H10N4O/c12-7-8-9-10-11(7)6-3-4-1-5(6)2-4/h4-6H,1-3H2,(H,8,10,12). The highest BCUT2D eigenvalue weighted by atomic mass is 16.2. The van der Waals surface area contributed by atoms with E-state index in [9.17, 15) is 4.79 Å². The molecular formula is C7H10N4O. The zero-order valence-corrected chi connectivity index (χ0v) is 6.60. The van der Waals surface area contributed by atoms with Crippen molar-refractivity contribution in [3.8, 4) is 0 Å². The van der Waals surface area contributed by atoms with Crippen molar-refractivity contribution in [2.45, 2.75) is 25.3 Å². The van der Waals surface area contributed by atoms with E-state index >= 15 is 0 Å². The van der Waals surface area contributed by atoms with Gasteiger partial charge in [-0.3, -0.25) is 0 Å². The Morgan fingerprint density at radius 1 is 1.42 bits per heavy atom. The highest BCUT2D eigenvalue weighted by molar-refractivity contribution is 4.96. The van der Waals surface area contributed by atoms with Crippen LogP contribution in [0.3, 0.4) is 0 Å². The summed E-state index contributed by atoms with van der Waals surface area (Å²) in [6.07, 6.45) is 3.69. The Hall–Kier alpha value is -1.13. The van der Waals surface area contributed by atoms with Crippen molar-refractivity contribution in [1.82, 2.24) is 20.2 Å². The van der Waals surface area contributed by atoms with Crippen LogP contribution in [0.1, 0.15) is 25.3 Å². The van der Waals surface area contributed by atoms with Gasteiger partial charge in [-0.2, -0.15) is 4.68 Å². The maximum absolute atomic E-state index is 11.2. The van der Waals surface area contributed by atoms with E-state index in [1.807, 2.05) is 0 Å². The number of fused-ring (bicyclic) bond motifs is 1. The van der Waals surface area contributed by atoms with E-state index in [1.165, 1.54) is 17.5 Å². The summed E-state index contributed by atoms with van der Waals surface area (Å²) in [6, 6.07) is 0.334. The van der Waals surface area contributed by atoms with Crippen LogP contribution >= 0.6 is 0 Å². The largest absolute Gasteiger partial charge is 0.361 e. The molecular weight excluding hydrogens is 156 g/mol. The Morgan fingerprint density at radius 2 is 2.25 bits per heavy atom. The molecule has 1 N–H and O–H groups in total. The predicted molar refractivity (Wildman–Crippen MR) is 40.5 cm³/mol. The van der Waals surface area contributed by atoms with E-state index in [0.717, 1.165) is 12.3 Å². The van der Waals surface area contributed by atoms with Crippen LogP contribution in [-0.4, -0.2) is 20.2 Å². The van der Waals surface area contributed by atoms with Gasteiger partial charge >= 0.3 is 5.69 Å². The SMILES string of the molecule is O=c1[nH]nnn1C1CC2CC1C2. The van der Waals surface area contributed by atoms with Crippen molar-refractivity contribution < 1.29 is 0 Å². The van der Waals surface area contributed by atoms with Gasteiger partial charge in [-0.1, -0.05) is 0 Å². The van der Waals surface area contributed by atoms with E-state index in [-0.39, 0.29) is 5.69 Å². The number of hydrogen-bond acceptors (Lipinski definition) is 3. The Balaban J connectivity index is 1.99. The van der Waals surface area contributed by atoms with E-state index in [2.05, 4.69) is 15.5 Å². The molecule has 0 saturated heterocycles. The molecule has 4 rings (SSSR count). The maximum atomic E-state index is 11.2. The highest BCUT2D eigenvalue weighted by Gasteiger charge is 2.46. The van der Waals surface area contributed by atoms with Crippen LogP contribution in [0.15, 0.2) is 4.79 Å². The summed E-state index contributed by atoms with van der Waals surface area (Å²) in [6.45, 7) is 0. The number of H-pyrrole nitrogens is 1. The maximum Gasteiger partial charge on any atom is 0.361 e. The normalized spacial score (nSPS) is 38.2. The van der Waals surface area contributed by atoms with Crippen molar-refractivity contribution in [1.29, 1.82) is 0 Å². The van der Waals surface area contributed by atoms with Crippen LogP contribution in [0.2, 0.25) is 0 Å². The van der Waals surface area contributed by atoms with Crippen LogP contribution in [0.25, 0.3) is 0 Å². The molecule has 1 heterocycles. The second-order valence-corrected chi connectivity index (χ2v) is 3.85. The van der Waals surface area contributed by atoms with Gasteiger partial charge in [-0.05, 0) is 41.5 Å². The Kier molecular flexibility index (Phi) is 1.05. The van der Waals surface area contributed by atoms with E-state index < -0.39 is 0 Å². The van der Waals surface area contributed by atoms with Crippen molar-refractivity contribution in [3.05, 3.63) is 10.5 Å². The van der Waals surface area contributed by atoms with Crippen molar-refractivity contribution in [2.24, 2.45) is 11.8 Å². The molecule has 0 aliphatic heterocycles. The Morgan fingerprint density at radius 3 is 2.75 bits per heavy atom. The molecule has 3 aliphatic carbocycles. The topological polar surface area (TPSA) is 63.6 Å². The fraction of sp³-hybridized carbons (Fsp3) is 0.857. The molecule has 0 aromatic carbocycles. The second-order valence-electron chi connectivity index (χ2n) is 3.85. The van der Waals surface area contributed by atoms with Gasteiger partial charge < -0.3 is 0 Å². The van der Waals surface area contributed by atoms with Crippen LogP contribution in [0.4, 0.5) is 0 Å². The van der Waals surface area contributed by atoms with Crippen LogP contribution in [0, 0.1) is 11.8 Å². The first kappa shape index (κ1) is 6.39. The minimum atomic E-state index is -0.160. The summed E-state index contributed by atoms with van der Waals surface area (Å²) >= 11 is 0. The summed E-state index contributed by atoms with van der Waals surface area (Å²) in [5.41, 5.74) is -0.160. The number of aromatic amines is 1. The number of rotatable bonds is 1. The zero-order valence-electron chi connectivity index (χ0n) is 6.60. The van der Waals surface area contributed by atoms with Gasteiger partial charge in [0.2, 0.25) is 0 Å². The third kappa shape index (κ3) is 0.659. The molecule has 5 heteroatoms. The predicted octanol–water partition coefficient (Wildman–Crippen LogP) is -0.0626. The van der Waals surface area contributed by atoms with Crippen LogP contribution < -0.4 is 5.69 Å². The molecule has 2 bridgehead atoms. The monoisotopic (exact) mass is 166 g/mol. The van der Waals surface area contributed by atoms with Gasteiger partial charge in [-0.15, -0.1) is 0 Å². The van der Waals surface area contributed by atoms with E-state index in [1.54, 1.807) is 0 Å². The Labute approximate surface area is 68.8 Å². The third-order valence-electron chi connectivity index (χ3n) is 3.20.